The van der Waals surface area contributed by atoms with Crippen LogP contribution in [0.4, 0.5) is 0 Å². The van der Waals surface area contributed by atoms with Gasteiger partial charge in [0.05, 0.1) is 0 Å². The number of rotatable bonds is 6. The molecule has 0 heteroatoms. The first-order chi connectivity index (χ1) is 6.31. The van der Waals surface area contributed by atoms with E-state index in [0.717, 1.165) is 17.8 Å². The molecule has 0 aliphatic heterocycles. The maximum atomic E-state index is 2.38. The Balaban J connectivity index is 3.90. The summed E-state index contributed by atoms with van der Waals surface area (Å²) in [5, 5.41) is 0. The molecule has 2 unspecified atom stereocenters. The minimum absolute atomic E-state index is 0.400. The zero-order valence-corrected chi connectivity index (χ0v) is 11.2. The fraction of sp³-hybridized carbons (Fsp3) is 0.929. The summed E-state index contributed by atoms with van der Waals surface area (Å²) in [7, 11) is 0. The summed E-state index contributed by atoms with van der Waals surface area (Å²) in [6, 6.07) is 0. The minimum atomic E-state index is 0.400. The van der Waals surface area contributed by atoms with Gasteiger partial charge in [0.15, 0.2) is 0 Å². The largest absolute Gasteiger partial charge is 0.326 e. The Morgan fingerprint density at radius 2 is 1.50 bits per heavy atom. The molecule has 2 atom stereocenters. The molecular weight excluding hydrogens is 168 g/mol. The topological polar surface area (TPSA) is 0 Å². The second-order valence-electron chi connectivity index (χ2n) is 5.81. The Morgan fingerprint density at radius 3 is 1.86 bits per heavy atom. The molecule has 0 bridgehead atoms. The lowest BCUT2D eigenvalue weighted by Crippen LogP contribution is -2.22. The zero-order chi connectivity index (χ0) is 11.4. The van der Waals surface area contributed by atoms with Crippen LogP contribution in [0.2, 0.25) is 0 Å². The van der Waals surface area contributed by atoms with Crippen LogP contribution in [0.3, 0.4) is 0 Å². The standard InChI is InChI=1S/C14H29/c1-8-14(6,7)13(5)10-9-12(4)11(2)3/h8,11-13H,9-10H2,1-7H3/q-1. The molecule has 0 fully saturated rings. The predicted octanol–water partition coefficient (Wildman–Crippen LogP) is 4.95. The molecular formula is C14H29-. The first-order valence-corrected chi connectivity index (χ1v) is 6.11. The van der Waals surface area contributed by atoms with Crippen molar-refractivity contribution in [2.75, 3.05) is 0 Å². The average Bonchev–Trinajstić information content (AvgIpc) is 2.13. The fourth-order valence-corrected chi connectivity index (χ4v) is 1.50. The van der Waals surface area contributed by atoms with Crippen LogP contribution in [0.1, 0.15) is 61.3 Å². The first kappa shape index (κ1) is 14.0. The molecule has 0 amide bonds. The van der Waals surface area contributed by atoms with Crippen molar-refractivity contribution in [2.24, 2.45) is 23.2 Å². The summed E-state index contributed by atoms with van der Waals surface area (Å²) in [6.07, 6.45) is 5.07. The molecule has 0 rings (SSSR count). The summed E-state index contributed by atoms with van der Waals surface area (Å²) >= 11 is 0. The van der Waals surface area contributed by atoms with Gasteiger partial charge in [-0.05, 0) is 11.8 Å². The molecule has 14 heavy (non-hydrogen) atoms. The van der Waals surface area contributed by atoms with Crippen molar-refractivity contribution < 1.29 is 0 Å². The van der Waals surface area contributed by atoms with Gasteiger partial charge in [-0.15, -0.1) is 0 Å². The van der Waals surface area contributed by atoms with E-state index in [1.165, 1.54) is 12.8 Å². The summed E-state index contributed by atoms with van der Waals surface area (Å²) < 4.78 is 0. The molecule has 0 aromatic heterocycles. The van der Waals surface area contributed by atoms with Crippen LogP contribution >= 0.6 is 0 Å². The van der Waals surface area contributed by atoms with E-state index in [1.807, 2.05) is 0 Å². The third kappa shape index (κ3) is 4.48. The van der Waals surface area contributed by atoms with Crippen LogP contribution in [-0.2, 0) is 0 Å². The first-order valence-electron chi connectivity index (χ1n) is 6.11. The number of hydrogen-bond acceptors (Lipinski definition) is 0. The molecule has 0 radical (unpaired) electrons. The van der Waals surface area contributed by atoms with E-state index >= 15 is 0 Å². The molecule has 0 N–H and O–H groups in total. The van der Waals surface area contributed by atoms with Crippen LogP contribution in [-0.4, -0.2) is 0 Å². The third-order valence-electron chi connectivity index (χ3n) is 4.21. The molecule has 0 spiro atoms. The molecule has 0 heterocycles. The van der Waals surface area contributed by atoms with Crippen LogP contribution in [0.15, 0.2) is 0 Å². The summed E-state index contributed by atoms with van der Waals surface area (Å²) in [6.45, 7) is 16.3. The molecule has 0 nitrogen and oxygen atoms in total. The van der Waals surface area contributed by atoms with E-state index in [-0.39, 0.29) is 0 Å². The molecule has 0 saturated heterocycles. The molecule has 86 valence electrons. The van der Waals surface area contributed by atoms with Crippen LogP contribution in [0.25, 0.3) is 0 Å². The van der Waals surface area contributed by atoms with Crippen molar-refractivity contribution in [2.45, 2.75) is 61.3 Å². The van der Waals surface area contributed by atoms with E-state index < -0.39 is 0 Å². The summed E-state index contributed by atoms with van der Waals surface area (Å²) in [5.41, 5.74) is 0.400. The third-order valence-corrected chi connectivity index (χ3v) is 4.21. The van der Waals surface area contributed by atoms with Gasteiger partial charge in [0.1, 0.15) is 0 Å². The van der Waals surface area contributed by atoms with Gasteiger partial charge in [-0.25, -0.2) is 0 Å². The monoisotopic (exact) mass is 197 g/mol. The second-order valence-corrected chi connectivity index (χ2v) is 5.81. The molecule has 0 saturated carbocycles. The molecule has 0 aromatic carbocycles. The normalized spacial score (nSPS) is 17.1. The van der Waals surface area contributed by atoms with Gasteiger partial charge in [-0.3, -0.25) is 0 Å². The van der Waals surface area contributed by atoms with Crippen molar-refractivity contribution in [1.29, 1.82) is 0 Å². The number of hydrogen-bond donors (Lipinski definition) is 0. The predicted molar refractivity (Wildman–Crippen MR) is 66.2 cm³/mol. The van der Waals surface area contributed by atoms with Gasteiger partial charge in [0.2, 0.25) is 0 Å². The van der Waals surface area contributed by atoms with Gasteiger partial charge in [-0.2, -0.15) is 12.3 Å². The summed E-state index contributed by atoms with van der Waals surface area (Å²) in [4.78, 5) is 0. The van der Waals surface area contributed by atoms with E-state index in [2.05, 4.69) is 54.9 Å². The van der Waals surface area contributed by atoms with Gasteiger partial charge < -0.3 is 6.42 Å². The maximum Gasteiger partial charge on any atom is -0.0420 e. The summed E-state index contributed by atoms with van der Waals surface area (Å²) in [5.74, 6) is 2.50. The maximum absolute atomic E-state index is 2.38. The Hall–Kier alpha value is 0. The van der Waals surface area contributed by atoms with Gasteiger partial charge in [0, 0.05) is 0 Å². The van der Waals surface area contributed by atoms with E-state index in [4.69, 9.17) is 0 Å². The highest BCUT2D eigenvalue weighted by molar-refractivity contribution is 4.85. The van der Waals surface area contributed by atoms with E-state index in [9.17, 15) is 0 Å². The lowest BCUT2D eigenvalue weighted by molar-refractivity contribution is 0.237. The Kier molecular flexibility index (Phi) is 5.78. The van der Waals surface area contributed by atoms with Crippen LogP contribution in [0.5, 0.6) is 0 Å². The molecule has 0 aliphatic carbocycles. The lowest BCUT2D eigenvalue weighted by Gasteiger charge is -2.40. The van der Waals surface area contributed by atoms with E-state index in [0.29, 0.717) is 5.41 Å². The van der Waals surface area contributed by atoms with Crippen LogP contribution < -0.4 is 0 Å². The SMILES string of the molecule is C[CH-]C(C)(C)C(C)CCC(C)C(C)C. The van der Waals surface area contributed by atoms with Crippen molar-refractivity contribution in [3.05, 3.63) is 6.42 Å². The highest BCUT2D eigenvalue weighted by Crippen LogP contribution is 2.34. The van der Waals surface area contributed by atoms with Crippen molar-refractivity contribution in [1.82, 2.24) is 0 Å². The smallest absolute Gasteiger partial charge is 0.0420 e. The van der Waals surface area contributed by atoms with Crippen molar-refractivity contribution >= 4 is 0 Å². The van der Waals surface area contributed by atoms with Gasteiger partial charge in [-0.1, -0.05) is 60.3 Å². The molecule has 0 aliphatic rings. The Labute approximate surface area is 91.5 Å². The van der Waals surface area contributed by atoms with Gasteiger partial charge >= 0.3 is 0 Å². The van der Waals surface area contributed by atoms with Gasteiger partial charge in [0.25, 0.3) is 0 Å². The second kappa shape index (κ2) is 5.78. The average molecular weight is 197 g/mol. The quantitative estimate of drug-likeness (QED) is 0.529. The lowest BCUT2D eigenvalue weighted by atomic mass is 9.74. The van der Waals surface area contributed by atoms with E-state index in [1.54, 1.807) is 0 Å². The van der Waals surface area contributed by atoms with Crippen molar-refractivity contribution in [3.63, 3.8) is 0 Å². The Morgan fingerprint density at radius 1 is 1.00 bits per heavy atom. The van der Waals surface area contributed by atoms with Crippen LogP contribution in [0, 0.1) is 29.6 Å². The highest BCUT2D eigenvalue weighted by atomic mass is 14.3. The highest BCUT2D eigenvalue weighted by Gasteiger charge is 2.17. The minimum Gasteiger partial charge on any atom is -0.326 e. The zero-order valence-electron chi connectivity index (χ0n) is 11.2. The molecule has 0 aromatic rings. The van der Waals surface area contributed by atoms with Crippen molar-refractivity contribution in [3.8, 4) is 0 Å². The Bertz CT molecular complexity index is 144. The fourth-order valence-electron chi connectivity index (χ4n) is 1.50.